The van der Waals surface area contributed by atoms with Gasteiger partial charge in [0.2, 0.25) is 16.9 Å². The standard InChI is InChI=1S/C19H18ClFN6O3.C10H5Cl2FN4O2.C8H13N3O/c20-15-2-1-13(8-16(15)21)24-19-17(27(28)29)10-22-18(25-19)7-12-9-23-26(11-12)14-3-5-30-6-4-14;11-6-2-1-5(3-7(6)13)15-9-8(17(18)19)4-14-10(12)16-9;9-7-5-10-11(6-7)8-1-3-12-4-2-8/h1-2,8-11,14H,3-7H2,(H,22,24,25);1-4H,(H,14,15,16);5-6,8H,1-4,9H2. The fraction of sp³-hybridized carbons (Fsp3) is 0.297. The molecule has 24 heteroatoms. The van der Waals surface area contributed by atoms with Gasteiger partial charge in [0.1, 0.15) is 29.9 Å². The van der Waals surface area contributed by atoms with Gasteiger partial charge in [0, 0.05) is 56.6 Å². The molecule has 2 aliphatic rings. The predicted octanol–water partition coefficient (Wildman–Crippen LogP) is 8.45. The summed E-state index contributed by atoms with van der Waals surface area (Å²) in [6, 6.07) is 8.64. The Morgan fingerprint density at radius 2 is 1.21 bits per heavy atom. The van der Waals surface area contributed by atoms with Crippen molar-refractivity contribution in [2.24, 2.45) is 0 Å². The topological polar surface area (TPSA) is 242 Å². The highest BCUT2D eigenvalue weighted by molar-refractivity contribution is 6.31. The Hall–Kier alpha value is -6.13. The van der Waals surface area contributed by atoms with Crippen LogP contribution in [0, 0.1) is 31.9 Å². The van der Waals surface area contributed by atoms with E-state index in [2.05, 4.69) is 40.8 Å². The van der Waals surface area contributed by atoms with Gasteiger partial charge in [-0.1, -0.05) is 23.2 Å². The van der Waals surface area contributed by atoms with Gasteiger partial charge >= 0.3 is 11.4 Å². The van der Waals surface area contributed by atoms with Gasteiger partial charge in [0.15, 0.2) is 0 Å². The summed E-state index contributed by atoms with van der Waals surface area (Å²) in [5.41, 5.74) is 7.05. The van der Waals surface area contributed by atoms with Crippen LogP contribution in [0.25, 0.3) is 0 Å². The van der Waals surface area contributed by atoms with E-state index in [4.69, 9.17) is 50.0 Å². The Balaban J connectivity index is 0.000000170. The first-order valence-electron chi connectivity index (χ1n) is 18.4. The molecule has 19 nitrogen and oxygen atoms in total. The summed E-state index contributed by atoms with van der Waals surface area (Å²) in [7, 11) is 0. The SMILES string of the molecule is Nc1cnn(C2CCOCC2)c1.O=[N+]([O-])c1cnc(Cc2cnn(C3CCOCC3)c2)nc1Nc1ccc(Cl)c(F)c1.O=[N+]([O-])c1cnc(Cl)nc1Nc1ccc(Cl)c(F)c1. The van der Waals surface area contributed by atoms with Gasteiger partial charge < -0.3 is 25.8 Å². The Bertz CT molecular complexity index is 2470. The second kappa shape index (κ2) is 20.9. The van der Waals surface area contributed by atoms with Crippen molar-refractivity contribution in [2.75, 3.05) is 42.8 Å². The van der Waals surface area contributed by atoms with Crippen LogP contribution in [0.5, 0.6) is 0 Å². The third-order valence-electron chi connectivity index (χ3n) is 9.09. The number of halogens is 5. The zero-order chi connectivity index (χ0) is 43.5. The summed E-state index contributed by atoms with van der Waals surface area (Å²) in [4.78, 5) is 36.5. The molecule has 0 amide bonds. The maximum absolute atomic E-state index is 13.7. The van der Waals surface area contributed by atoms with Crippen molar-refractivity contribution in [3.63, 3.8) is 0 Å². The number of benzene rings is 2. The number of anilines is 5. The van der Waals surface area contributed by atoms with Crippen molar-refractivity contribution in [3.8, 4) is 0 Å². The number of nitrogen functional groups attached to an aromatic ring is 1. The molecule has 6 aromatic rings. The summed E-state index contributed by atoms with van der Waals surface area (Å²) < 4.78 is 41.5. The average Bonchev–Trinajstić information content (AvgIpc) is 3.91. The lowest BCUT2D eigenvalue weighted by atomic mass is 10.1. The van der Waals surface area contributed by atoms with Crippen molar-refractivity contribution in [1.29, 1.82) is 0 Å². The predicted molar refractivity (Wildman–Crippen MR) is 222 cm³/mol. The molecule has 61 heavy (non-hydrogen) atoms. The van der Waals surface area contributed by atoms with Crippen LogP contribution >= 0.6 is 34.8 Å². The lowest BCUT2D eigenvalue weighted by Gasteiger charge is -2.22. The number of nitrogens with one attached hydrogen (secondary N) is 2. The van der Waals surface area contributed by atoms with Gasteiger partial charge in [-0.3, -0.25) is 29.6 Å². The third-order valence-corrected chi connectivity index (χ3v) is 9.88. The molecular weight excluding hydrogens is 867 g/mol. The van der Waals surface area contributed by atoms with E-state index in [1.165, 1.54) is 24.3 Å². The number of aromatic nitrogens is 8. The molecule has 0 atom stereocenters. The number of nitrogens with zero attached hydrogens (tertiary/aromatic N) is 10. The molecule has 320 valence electrons. The van der Waals surface area contributed by atoms with E-state index in [-0.39, 0.29) is 49.7 Å². The van der Waals surface area contributed by atoms with Gasteiger partial charge in [0.05, 0.1) is 50.1 Å². The monoisotopic (exact) mass is 901 g/mol. The van der Waals surface area contributed by atoms with E-state index < -0.39 is 21.5 Å². The number of ether oxygens (including phenoxy) is 2. The largest absolute Gasteiger partial charge is 0.396 e. The first-order chi connectivity index (χ1) is 29.3. The van der Waals surface area contributed by atoms with Crippen molar-refractivity contribution in [2.45, 2.75) is 44.2 Å². The molecule has 2 aliphatic heterocycles. The van der Waals surface area contributed by atoms with Crippen LogP contribution < -0.4 is 16.4 Å². The van der Waals surface area contributed by atoms with Gasteiger partial charge in [-0.25, -0.2) is 23.7 Å². The van der Waals surface area contributed by atoms with E-state index in [0.717, 1.165) is 74.7 Å². The number of nitrogens with two attached hydrogens (primary N) is 1. The van der Waals surface area contributed by atoms with E-state index in [1.54, 1.807) is 12.4 Å². The molecule has 8 rings (SSSR count). The highest BCUT2D eigenvalue weighted by atomic mass is 35.5. The number of hydrogen-bond donors (Lipinski definition) is 3. The quantitative estimate of drug-likeness (QED) is 0.0663. The minimum Gasteiger partial charge on any atom is -0.396 e. The Kier molecular flexibility index (Phi) is 15.2. The Labute approximate surface area is 360 Å². The number of nitro groups is 2. The second-order valence-electron chi connectivity index (χ2n) is 13.4. The number of rotatable bonds is 10. The van der Waals surface area contributed by atoms with Crippen LogP contribution in [0.2, 0.25) is 15.3 Å². The normalized spacial score (nSPS) is 14.2. The molecule has 2 fully saturated rings. The molecule has 0 radical (unpaired) electrons. The molecular formula is C37H36Cl3F2N13O6. The molecule has 0 unspecified atom stereocenters. The smallest absolute Gasteiger partial charge is 0.329 e. The fourth-order valence-electron chi connectivity index (χ4n) is 6.03. The minimum absolute atomic E-state index is 0.0245. The Morgan fingerprint density at radius 3 is 1.70 bits per heavy atom. The van der Waals surface area contributed by atoms with Crippen LogP contribution in [-0.4, -0.2) is 75.8 Å². The lowest BCUT2D eigenvalue weighted by molar-refractivity contribution is -0.384. The zero-order valence-electron chi connectivity index (χ0n) is 31.8. The van der Waals surface area contributed by atoms with Crippen molar-refractivity contribution < 1.29 is 28.1 Å². The zero-order valence-corrected chi connectivity index (χ0v) is 34.1. The highest BCUT2D eigenvalue weighted by Crippen LogP contribution is 2.29. The second-order valence-corrected chi connectivity index (χ2v) is 14.5. The maximum atomic E-state index is 13.7. The van der Waals surface area contributed by atoms with Gasteiger partial charge in [0.25, 0.3) is 0 Å². The highest BCUT2D eigenvalue weighted by Gasteiger charge is 2.21. The molecule has 4 aromatic heterocycles. The molecule has 0 saturated carbocycles. The summed E-state index contributed by atoms with van der Waals surface area (Å²) in [5, 5.41) is 35.8. The van der Waals surface area contributed by atoms with Crippen molar-refractivity contribution in [3.05, 3.63) is 132 Å². The van der Waals surface area contributed by atoms with Gasteiger partial charge in [-0.2, -0.15) is 15.2 Å². The third kappa shape index (κ3) is 12.5. The molecule has 4 N–H and O–H groups in total. The fourth-order valence-corrected chi connectivity index (χ4v) is 6.39. The first-order valence-corrected chi connectivity index (χ1v) is 19.6. The minimum atomic E-state index is -0.676. The summed E-state index contributed by atoms with van der Waals surface area (Å²) in [5.74, 6) is -1.08. The van der Waals surface area contributed by atoms with Gasteiger partial charge in [-0.05, 0) is 79.2 Å². The molecule has 0 spiro atoms. The van der Waals surface area contributed by atoms with Gasteiger partial charge in [-0.15, -0.1) is 0 Å². The van der Waals surface area contributed by atoms with E-state index in [9.17, 15) is 29.0 Å². The van der Waals surface area contributed by atoms with Crippen LogP contribution in [0.3, 0.4) is 0 Å². The van der Waals surface area contributed by atoms with E-state index in [0.29, 0.717) is 37.5 Å². The molecule has 0 aliphatic carbocycles. The average molecular weight is 903 g/mol. The summed E-state index contributed by atoms with van der Waals surface area (Å²) >= 11 is 16.8. The van der Waals surface area contributed by atoms with Crippen LogP contribution in [0.15, 0.2) is 73.6 Å². The van der Waals surface area contributed by atoms with E-state index >= 15 is 0 Å². The summed E-state index contributed by atoms with van der Waals surface area (Å²) in [6.45, 7) is 3.10. The number of hydrogen-bond acceptors (Lipinski definition) is 15. The van der Waals surface area contributed by atoms with Crippen LogP contribution in [0.1, 0.15) is 49.2 Å². The summed E-state index contributed by atoms with van der Waals surface area (Å²) in [6.07, 6.45) is 13.6. The molecule has 6 heterocycles. The Morgan fingerprint density at radius 1 is 0.721 bits per heavy atom. The molecule has 0 bridgehead atoms. The van der Waals surface area contributed by atoms with Crippen LogP contribution in [0.4, 0.5) is 48.9 Å². The molecule has 2 saturated heterocycles. The van der Waals surface area contributed by atoms with Crippen molar-refractivity contribution in [1.82, 2.24) is 39.5 Å². The maximum Gasteiger partial charge on any atom is 0.329 e. The van der Waals surface area contributed by atoms with Crippen molar-refractivity contribution >= 4 is 74.9 Å². The first kappa shape index (κ1) is 44.4. The molecule has 2 aromatic carbocycles. The van der Waals surface area contributed by atoms with E-state index in [1.807, 2.05) is 21.8 Å². The lowest BCUT2D eigenvalue weighted by Crippen LogP contribution is -2.19. The van der Waals surface area contributed by atoms with Crippen LogP contribution in [-0.2, 0) is 15.9 Å².